The largest absolute Gasteiger partial charge is 0.270 e. The molecule has 1 rings (SSSR count). The summed E-state index contributed by atoms with van der Waals surface area (Å²) in [6.45, 7) is 6.63. The van der Waals surface area contributed by atoms with Crippen LogP contribution in [-0.2, 0) is 5.75 Å². The summed E-state index contributed by atoms with van der Waals surface area (Å²) < 4.78 is 2.09. The van der Waals surface area contributed by atoms with Gasteiger partial charge in [0.25, 0.3) is 0 Å². The maximum Gasteiger partial charge on any atom is 0.0723 e. The minimum absolute atomic E-state index is 0.542. The molecule has 0 saturated heterocycles. The molecule has 80 valence electrons. The topological polar surface area (TPSA) is 17.8 Å². The van der Waals surface area contributed by atoms with Gasteiger partial charge in [-0.15, -0.1) is 0 Å². The molecular formula is C11H20N2S. The average Bonchev–Trinajstić information content (AvgIpc) is 2.63. The van der Waals surface area contributed by atoms with E-state index in [0.717, 1.165) is 11.5 Å². The standard InChI is InChI=1S/C11H20N2S/c1-4-6-10(3)13-8-7-11(12-13)9-14-5-2/h7-8,10H,4-6,9H2,1-3H3. The zero-order valence-corrected chi connectivity index (χ0v) is 10.2. The third-order valence-electron chi connectivity index (χ3n) is 2.28. The van der Waals surface area contributed by atoms with E-state index in [-0.39, 0.29) is 0 Å². The first-order valence-electron chi connectivity index (χ1n) is 5.39. The zero-order valence-electron chi connectivity index (χ0n) is 9.36. The monoisotopic (exact) mass is 212 g/mol. The molecule has 0 fully saturated rings. The second kappa shape index (κ2) is 6.12. The molecule has 1 aromatic heterocycles. The fourth-order valence-electron chi connectivity index (χ4n) is 1.46. The molecule has 2 nitrogen and oxygen atoms in total. The van der Waals surface area contributed by atoms with Gasteiger partial charge in [-0.05, 0) is 25.2 Å². The summed E-state index contributed by atoms with van der Waals surface area (Å²) >= 11 is 1.92. The molecular weight excluding hydrogens is 192 g/mol. The van der Waals surface area contributed by atoms with Crippen molar-refractivity contribution < 1.29 is 0 Å². The van der Waals surface area contributed by atoms with Crippen LogP contribution >= 0.6 is 11.8 Å². The minimum Gasteiger partial charge on any atom is -0.270 e. The molecule has 0 amide bonds. The number of nitrogens with zero attached hydrogens (tertiary/aromatic N) is 2. The van der Waals surface area contributed by atoms with Gasteiger partial charge in [0.2, 0.25) is 0 Å². The molecule has 0 bridgehead atoms. The van der Waals surface area contributed by atoms with Crippen molar-refractivity contribution in [1.82, 2.24) is 9.78 Å². The van der Waals surface area contributed by atoms with E-state index in [0.29, 0.717) is 6.04 Å². The average molecular weight is 212 g/mol. The molecule has 0 aromatic carbocycles. The lowest BCUT2D eigenvalue weighted by atomic mass is 10.2. The van der Waals surface area contributed by atoms with Crippen molar-refractivity contribution in [2.24, 2.45) is 0 Å². The van der Waals surface area contributed by atoms with Crippen molar-refractivity contribution in [2.75, 3.05) is 5.75 Å². The molecule has 0 spiro atoms. The van der Waals surface area contributed by atoms with Gasteiger partial charge in [0.05, 0.1) is 5.69 Å². The van der Waals surface area contributed by atoms with Crippen LogP contribution in [0.4, 0.5) is 0 Å². The van der Waals surface area contributed by atoms with E-state index >= 15 is 0 Å². The fourth-order valence-corrected chi connectivity index (χ4v) is 2.02. The van der Waals surface area contributed by atoms with Crippen LogP contribution < -0.4 is 0 Å². The first kappa shape index (κ1) is 11.6. The van der Waals surface area contributed by atoms with Crippen molar-refractivity contribution in [3.63, 3.8) is 0 Å². The van der Waals surface area contributed by atoms with Crippen molar-refractivity contribution in [2.45, 2.75) is 45.4 Å². The Kier molecular flexibility index (Phi) is 5.09. The third-order valence-corrected chi connectivity index (χ3v) is 3.18. The van der Waals surface area contributed by atoms with Crippen LogP contribution in [0.15, 0.2) is 12.3 Å². The molecule has 0 saturated carbocycles. The number of hydrogen-bond acceptors (Lipinski definition) is 2. The highest BCUT2D eigenvalue weighted by molar-refractivity contribution is 7.98. The Balaban J connectivity index is 2.49. The number of aromatic nitrogens is 2. The Morgan fingerprint density at radius 1 is 1.50 bits per heavy atom. The third kappa shape index (κ3) is 3.37. The molecule has 3 heteroatoms. The normalized spacial score (nSPS) is 13.1. The molecule has 0 radical (unpaired) electrons. The highest BCUT2D eigenvalue weighted by Crippen LogP contribution is 2.14. The SMILES string of the molecule is CCCC(C)n1ccc(CSCC)n1. The molecule has 1 unspecified atom stereocenters. The van der Waals surface area contributed by atoms with Crippen LogP contribution in [0.3, 0.4) is 0 Å². The van der Waals surface area contributed by atoms with Gasteiger partial charge < -0.3 is 0 Å². The summed E-state index contributed by atoms with van der Waals surface area (Å²) in [5, 5.41) is 4.56. The first-order valence-corrected chi connectivity index (χ1v) is 6.55. The van der Waals surface area contributed by atoms with Gasteiger partial charge in [-0.25, -0.2) is 0 Å². The number of hydrogen-bond donors (Lipinski definition) is 0. The van der Waals surface area contributed by atoms with E-state index in [9.17, 15) is 0 Å². The summed E-state index contributed by atoms with van der Waals surface area (Å²) in [5.74, 6) is 2.21. The summed E-state index contributed by atoms with van der Waals surface area (Å²) in [4.78, 5) is 0. The minimum atomic E-state index is 0.542. The van der Waals surface area contributed by atoms with E-state index in [1.54, 1.807) is 0 Å². The van der Waals surface area contributed by atoms with Gasteiger partial charge >= 0.3 is 0 Å². The molecule has 1 heterocycles. The van der Waals surface area contributed by atoms with Crippen LogP contribution in [0.5, 0.6) is 0 Å². The van der Waals surface area contributed by atoms with Gasteiger partial charge in [-0.3, -0.25) is 4.68 Å². The maximum absolute atomic E-state index is 4.56. The van der Waals surface area contributed by atoms with Crippen LogP contribution in [-0.4, -0.2) is 15.5 Å². The molecule has 0 aliphatic carbocycles. The summed E-state index contributed by atoms with van der Waals surface area (Å²) in [7, 11) is 0. The highest BCUT2D eigenvalue weighted by Gasteiger charge is 2.05. The number of rotatable bonds is 6. The predicted octanol–water partition coefficient (Wildman–Crippen LogP) is 3.50. The lowest BCUT2D eigenvalue weighted by molar-refractivity contribution is 0.452. The van der Waals surface area contributed by atoms with E-state index in [4.69, 9.17) is 0 Å². The molecule has 0 N–H and O–H groups in total. The molecule has 0 aliphatic rings. The second-order valence-corrected chi connectivity index (χ2v) is 4.84. The van der Waals surface area contributed by atoms with Crippen molar-refractivity contribution in [3.05, 3.63) is 18.0 Å². The quantitative estimate of drug-likeness (QED) is 0.718. The van der Waals surface area contributed by atoms with E-state index in [1.807, 2.05) is 11.8 Å². The number of thioether (sulfide) groups is 1. The smallest absolute Gasteiger partial charge is 0.0723 e. The lowest BCUT2D eigenvalue weighted by Gasteiger charge is -2.09. The van der Waals surface area contributed by atoms with Gasteiger partial charge in [-0.1, -0.05) is 20.3 Å². The van der Waals surface area contributed by atoms with E-state index in [2.05, 4.69) is 42.8 Å². The van der Waals surface area contributed by atoms with Crippen molar-refractivity contribution in [3.8, 4) is 0 Å². The predicted molar refractivity (Wildman–Crippen MR) is 63.7 cm³/mol. The zero-order chi connectivity index (χ0) is 10.4. The highest BCUT2D eigenvalue weighted by atomic mass is 32.2. The van der Waals surface area contributed by atoms with Gasteiger partial charge in [-0.2, -0.15) is 16.9 Å². The Morgan fingerprint density at radius 2 is 2.29 bits per heavy atom. The van der Waals surface area contributed by atoms with Crippen LogP contribution in [0.25, 0.3) is 0 Å². The molecule has 1 aromatic rings. The van der Waals surface area contributed by atoms with E-state index < -0.39 is 0 Å². The summed E-state index contributed by atoms with van der Waals surface area (Å²) in [6.07, 6.45) is 4.54. The Hall–Kier alpha value is -0.440. The van der Waals surface area contributed by atoms with Crippen molar-refractivity contribution >= 4 is 11.8 Å². The molecule has 1 atom stereocenters. The Labute approximate surface area is 91.1 Å². The van der Waals surface area contributed by atoms with Crippen molar-refractivity contribution in [1.29, 1.82) is 0 Å². The summed E-state index contributed by atoms with van der Waals surface area (Å²) in [5.41, 5.74) is 1.21. The van der Waals surface area contributed by atoms with Gasteiger partial charge in [0.15, 0.2) is 0 Å². The van der Waals surface area contributed by atoms with Crippen LogP contribution in [0.1, 0.15) is 45.3 Å². The van der Waals surface area contributed by atoms with Gasteiger partial charge in [0, 0.05) is 18.0 Å². The maximum atomic E-state index is 4.56. The fraction of sp³-hybridized carbons (Fsp3) is 0.727. The summed E-state index contributed by atoms with van der Waals surface area (Å²) in [6, 6.07) is 2.68. The van der Waals surface area contributed by atoms with Crippen LogP contribution in [0.2, 0.25) is 0 Å². The van der Waals surface area contributed by atoms with E-state index in [1.165, 1.54) is 18.5 Å². The molecule has 0 aliphatic heterocycles. The lowest BCUT2D eigenvalue weighted by Crippen LogP contribution is -2.05. The molecule has 14 heavy (non-hydrogen) atoms. The first-order chi connectivity index (χ1) is 6.77. The van der Waals surface area contributed by atoms with Crippen LogP contribution in [0, 0.1) is 0 Å². The van der Waals surface area contributed by atoms with Gasteiger partial charge in [0.1, 0.15) is 0 Å². The Bertz CT molecular complexity index is 258. The second-order valence-electron chi connectivity index (χ2n) is 3.56. The Morgan fingerprint density at radius 3 is 2.93 bits per heavy atom.